The van der Waals surface area contributed by atoms with Gasteiger partial charge in [-0.1, -0.05) is 15.9 Å². The molecule has 0 N–H and O–H groups in total. The van der Waals surface area contributed by atoms with Gasteiger partial charge in [-0.15, -0.1) is 0 Å². The smallest absolute Gasteiger partial charge is 0.265 e. The maximum absolute atomic E-state index is 11.5. The topological polar surface area (TPSA) is 67.2 Å². The SMILES string of the molecule is Cc1cc(Br)cc(S(=O)(=O)Cl)c1OCCCCC#N. The summed E-state index contributed by atoms with van der Waals surface area (Å²) < 4.78 is 29.2. The zero-order chi connectivity index (χ0) is 14.5. The van der Waals surface area contributed by atoms with Crippen LogP contribution in [0.1, 0.15) is 24.8 Å². The van der Waals surface area contributed by atoms with Crippen LogP contribution in [0.4, 0.5) is 0 Å². The number of hydrogen-bond donors (Lipinski definition) is 0. The molecule has 0 atom stereocenters. The second-order valence-electron chi connectivity index (χ2n) is 3.95. The molecule has 0 amide bonds. The number of halogens is 2. The summed E-state index contributed by atoms with van der Waals surface area (Å²) in [6.45, 7) is 2.10. The van der Waals surface area contributed by atoms with Gasteiger partial charge in [0.15, 0.2) is 0 Å². The van der Waals surface area contributed by atoms with E-state index in [1.807, 2.05) is 6.07 Å². The molecule has 0 aliphatic rings. The minimum absolute atomic E-state index is 0.0404. The number of nitrogens with zero attached hydrogens (tertiary/aromatic N) is 1. The molecule has 4 nitrogen and oxygen atoms in total. The average Bonchev–Trinajstić information content (AvgIpc) is 2.29. The summed E-state index contributed by atoms with van der Waals surface area (Å²) >= 11 is 3.23. The molecule has 0 spiro atoms. The van der Waals surface area contributed by atoms with Crippen LogP contribution in [-0.4, -0.2) is 15.0 Å². The molecule has 0 aromatic heterocycles. The summed E-state index contributed by atoms with van der Waals surface area (Å²) in [6.07, 6.45) is 1.86. The van der Waals surface area contributed by atoms with Crippen molar-refractivity contribution in [3.05, 3.63) is 22.2 Å². The Morgan fingerprint density at radius 3 is 2.68 bits per heavy atom. The lowest BCUT2D eigenvalue weighted by Crippen LogP contribution is -2.04. The van der Waals surface area contributed by atoms with Crippen molar-refractivity contribution in [2.45, 2.75) is 31.1 Å². The van der Waals surface area contributed by atoms with E-state index in [2.05, 4.69) is 15.9 Å². The van der Waals surface area contributed by atoms with E-state index in [-0.39, 0.29) is 10.6 Å². The van der Waals surface area contributed by atoms with E-state index in [1.54, 1.807) is 13.0 Å². The largest absolute Gasteiger partial charge is 0.492 e. The van der Waals surface area contributed by atoms with Gasteiger partial charge in [-0.05, 0) is 37.5 Å². The van der Waals surface area contributed by atoms with Crippen molar-refractivity contribution in [1.29, 1.82) is 5.26 Å². The number of hydrogen-bond acceptors (Lipinski definition) is 4. The minimum atomic E-state index is -3.86. The van der Waals surface area contributed by atoms with Crippen LogP contribution in [0.15, 0.2) is 21.5 Å². The molecule has 104 valence electrons. The minimum Gasteiger partial charge on any atom is -0.492 e. The lowest BCUT2D eigenvalue weighted by molar-refractivity contribution is 0.298. The highest BCUT2D eigenvalue weighted by molar-refractivity contribution is 9.10. The summed E-state index contributed by atoms with van der Waals surface area (Å²) in [7, 11) is 1.54. The predicted molar refractivity (Wildman–Crippen MR) is 76.9 cm³/mol. The van der Waals surface area contributed by atoms with Crippen molar-refractivity contribution >= 4 is 35.7 Å². The van der Waals surface area contributed by atoms with Gasteiger partial charge in [0.05, 0.1) is 12.7 Å². The fourth-order valence-electron chi connectivity index (χ4n) is 1.55. The van der Waals surface area contributed by atoms with Crippen LogP contribution in [0.2, 0.25) is 0 Å². The molecule has 0 bridgehead atoms. The first-order chi connectivity index (χ1) is 8.86. The summed E-state index contributed by atoms with van der Waals surface area (Å²) in [5.41, 5.74) is 0.689. The molecule has 0 aliphatic heterocycles. The lowest BCUT2D eigenvalue weighted by atomic mass is 10.2. The van der Waals surface area contributed by atoms with Crippen LogP contribution < -0.4 is 4.74 Å². The van der Waals surface area contributed by atoms with E-state index >= 15 is 0 Å². The molecular formula is C12H13BrClNO3S. The second kappa shape index (κ2) is 7.13. The van der Waals surface area contributed by atoms with E-state index in [4.69, 9.17) is 20.7 Å². The number of benzene rings is 1. The third kappa shape index (κ3) is 5.01. The third-order valence-electron chi connectivity index (χ3n) is 2.40. The first kappa shape index (κ1) is 16.3. The van der Waals surface area contributed by atoms with Gasteiger partial charge in [-0.3, -0.25) is 0 Å². The van der Waals surface area contributed by atoms with E-state index < -0.39 is 9.05 Å². The Labute approximate surface area is 125 Å². The Balaban J connectivity index is 2.91. The third-order valence-corrected chi connectivity index (χ3v) is 4.18. The van der Waals surface area contributed by atoms with Gasteiger partial charge in [0.25, 0.3) is 9.05 Å². The van der Waals surface area contributed by atoms with Gasteiger partial charge < -0.3 is 4.74 Å². The van der Waals surface area contributed by atoms with Gasteiger partial charge >= 0.3 is 0 Å². The number of ether oxygens (including phenoxy) is 1. The summed E-state index contributed by atoms with van der Waals surface area (Å²) in [6, 6.07) is 5.22. The number of unbranched alkanes of at least 4 members (excludes halogenated alkanes) is 2. The lowest BCUT2D eigenvalue weighted by Gasteiger charge is -2.12. The summed E-state index contributed by atoms with van der Waals surface area (Å²) in [5.74, 6) is 0.273. The van der Waals surface area contributed by atoms with Crippen LogP contribution >= 0.6 is 26.6 Å². The van der Waals surface area contributed by atoms with Gasteiger partial charge in [0.1, 0.15) is 10.6 Å². The van der Waals surface area contributed by atoms with E-state index in [1.165, 1.54) is 6.07 Å². The van der Waals surface area contributed by atoms with Crippen molar-refractivity contribution in [1.82, 2.24) is 0 Å². The van der Waals surface area contributed by atoms with Crippen molar-refractivity contribution in [3.8, 4) is 11.8 Å². The Morgan fingerprint density at radius 2 is 2.11 bits per heavy atom. The summed E-state index contributed by atoms with van der Waals surface area (Å²) in [5, 5.41) is 8.42. The zero-order valence-electron chi connectivity index (χ0n) is 10.3. The first-order valence-corrected chi connectivity index (χ1v) is 8.71. The monoisotopic (exact) mass is 365 g/mol. The van der Waals surface area contributed by atoms with Crippen LogP contribution in [0.3, 0.4) is 0 Å². The Kier molecular flexibility index (Phi) is 6.11. The van der Waals surface area contributed by atoms with Crippen LogP contribution in [-0.2, 0) is 9.05 Å². The molecule has 0 radical (unpaired) electrons. The highest BCUT2D eigenvalue weighted by Crippen LogP contribution is 2.33. The highest BCUT2D eigenvalue weighted by Gasteiger charge is 2.19. The van der Waals surface area contributed by atoms with Gasteiger partial charge in [0.2, 0.25) is 0 Å². The fraction of sp³-hybridized carbons (Fsp3) is 0.417. The molecule has 1 aromatic rings. The van der Waals surface area contributed by atoms with Crippen molar-refractivity contribution in [3.63, 3.8) is 0 Å². The van der Waals surface area contributed by atoms with Crippen molar-refractivity contribution in [2.24, 2.45) is 0 Å². The molecule has 1 rings (SSSR count). The van der Waals surface area contributed by atoms with Crippen molar-refractivity contribution < 1.29 is 13.2 Å². The highest BCUT2D eigenvalue weighted by atomic mass is 79.9. The number of nitriles is 1. The zero-order valence-corrected chi connectivity index (χ0v) is 13.5. The second-order valence-corrected chi connectivity index (χ2v) is 7.40. The van der Waals surface area contributed by atoms with E-state index in [0.29, 0.717) is 29.5 Å². The molecule has 0 aliphatic carbocycles. The fourth-order valence-corrected chi connectivity index (χ4v) is 3.32. The van der Waals surface area contributed by atoms with E-state index in [9.17, 15) is 8.42 Å². The molecule has 1 aromatic carbocycles. The summed E-state index contributed by atoms with van der Waals surface area (Å²) in [4.78, 5) is -0.0404. The molecule has 0 saturated heterocycles. The number of rotatable bonds is 6. The van der Waals surface area contributed by atoms with Crippen LogP contribution in [0.5, 0.6) is 5.75 Å². The predicted octanol–water partition coefficient (Wildman–Crippen LogP) is 3.76. The van der Waals surface area contributed by atoms with E-state index in [0.717, 1.165) is 6.42 Å². The molecule has 0 saturated carbocycles. The van der Waals surface area contributed by atoms with Crippen LogP contribution in [0.25, 0.3) is 0 Å². The molecule has 0 fully saturated rings. The van der Waals surface area contributed by atoms with Gasteiger partial charge in [-0.2, -0.15) is 5.26 Å². The first-order valence-electron chi connectivity index (χ1n) is 5.61. The Bertz CT molecular complexity index is 596. The average molecular weight is 367 g/mol. The maximum Gasteiger partial charge on any atom is 0.265 e. The Morgan fingerprint density at radius 1 is 1.42 bits per heavy atom. The van der Waals surface area contributed by atoms with Crippen LogP contribution in [0, 0.1) is 18.3 Å². The molecule has 0 heterocycles. The number of aryl methyl sites for hydroxylation is 1. The maximum atomic E-state index is 11.5. The molecule has 19 heavy (non-hydrogen) atoms. The van der Waals surface area contributed by atoms with Gasteiger partial charge in [0, 0.05) is 21.6 Å². The molecule has 7 heteroatoms. The standard InChI is InChI=1S/C12H13BrClNO3S/c1-9-7-10(13)8-11(19(14,16)17)12(9)18-6-4-2-3-5-15/h7-8H,2-4,6H2,1H3. The molecule has 0 unspecified atom stereocenters. The van der Waals surface area contributed by atoms with Crippen molar-refractivity contribution in [2.75, 3.05) is 6.61 Å². The normalized spacial score (nSPS) is 11.1. The van der Waals surface area contributed by atoms with Gasteiger partial charge in [-0.25, -0.2) is 8.42 Å². The Hall–Kier alpha value is -0.770. The molecular weight excluding hydrogens is 354 g/mol. The quantitative estimate of drug-likeness (QED) is 0.568.